The topological polar surface area (TPSA) is 86.7 Å². The second-order valence-corrected chi connectivity index (χ2v) is 6.95. The summed E-state index contributed by atoms with van der Waals surface area (Å²) in [6.07, 6.45) is 0.852. The Balaban J connectivity index is 2.47. The van der Waals surface area contributed by atoms with Gasteiger partial charge < -0.3 is 10.0 Å². The summed E-state index contributed by atoms with van der Waals surface area (Å²) in [4.78, 5) is 36.3. The van der Waals surface area contributed by atoms with E-state index in [2.05, 4.69) is 19.2 Å². The van der Waals surface area contributed by atoms with Crippen LogP contribution in [0.15, 0.2) is 0 Å². The zero-order chi connectivity index (χ0) is 16.2. The van der Waals surface area contributed by atoms with Gasteiger partial charge in [-0.3, -0.25) is 14.9 Å². The van der Waals surface area contributed by atoms with Crippen LogP contribution in [0, 0.1) is 17.3 Å². The maximum absolute atomic E-state index is 12.0. The third kappa shape index (κ3) is 5.73. The lowest BCUT2D eigenvalue weighted by atomic mass is 9.85. The number of aliphatic carboxylic acids is 1. The highest BCUT2D eigenvalue weighted by Gasteiger charge is 2.29. The summed E-state index contributed by atoms with van der Waals surface area (Å²) >= 11 is 0. The fraction of sp³-hybridized carbons (Fsp3) is 0.800. The van der Waals surface area contributed by atoms with Gasteiger partial charge in [0.1, 0.15) is 0 Å². The molecule has 1 rings (SSSR count). The number of carboxylic acid groups (broad SMARTS) is 1. The van der Waals surface area contributed by atoms with Crippen LogP contribution in [-0.4, -0.2) is 41.0 Å². The highest BCUT2D eigenvalue weighted by molar-refractivity contribution is 5.94. The summed E-state index contributed by atoms with van der Waals surface area (Å²) in [6.45, 7) is 8.98. The van der Waals surface area contributed by atoms with Crippen molar-refractivity contribution in [2.24, 2.45) is 17.3 Å². The molecule has 1 heterocycles. The maximum Gasteiger partial charge on any atom is 0.324 e. The molecular weight excluding hydrogens is 272 g/mol. The molecule has 0 spiro atoms. The molecule has 1 aliphatic rings. The monoisotopic (exact) mass is 298 g/mol. The Morgan fingerprint density at radius 3 is 2.33 bits per heavy atom. The second kappa shape index (κ2) is 6.91. The average molecular weight is 298 g/mol. The van der Waals surface area contributed by atoms with Crippen molar-refractivity contribution >= 4 is 17.9 Å². The zero-order valence-electron chi connectivity index (χ0n) is 13.3. The fourth-order valence-electron chi connectivity index (χ4n) is 2.60. The first-order valence-electron chi connectivity index (χ1n) is 7.41. The molecule has 0 radical (unpaired) electrons. The second-order valence-electron chi connectivity index (χ2n) is 6.95. The van der Waals surface area contributed by atoms with Crippen LogP contribution >= 0.6 is 0 Å². The number of nitrogens with one attached hydrogen (secondary N) is 1. The molecule has 0 aromatic rings. The lowest BCUT2D eigenvalue weighted by molar-refractivity contribution is -0.139. The van der Waals surface area contributed by atoms with Gasteiger partial charge in [0.05, 0.1) is 6.42 Å². The number of carbonyl (C=O) groups excluding carboxylic acids is 2. The minimum Gasteiger partial charge on any atom is -0.481 e. The number of imide groups is 1. The third-order valence-electron chi connectivity index (χ3n) is 4.14. The number of urea groups is 1. The Hall–Kier alpha value is -1.59. The number of rotatable bonds is 4. The van der Waals surface area contributed by atoms with Crippen molar-refractivity contribution in [3.8, 4) is 0 Å². The van der Waals surface area contributed by atoms with Crippen LogP contribution < -0.4 is 5.32 Å². The molecule has 0 bridgehead atoms. The molecule has 1 fully saturated rings. The van der Waals surface area contributed by atoms with E-state index in [1.165, 1.54) is 0 Å². The van der Waals surface area contributed by atoms with Gasteiger partial charge in [0.25, 0.3) is 0 Å². The van der Waals surface area contributed by atoms with E-state index in [9.17, 15) is 14.4 Å². The van der Waals surface area contributed by atoms with Crippen molar-refractivity contribution in [1.82, 2.24) is 10.2 Å². The zero-order valence-corrected chi connectivity index (χ0v) is 13.3. The predicted octanol–water partition coefficient (Wildman–Crippen LogP) is 2.09. The molecule has 3 amide bonds. The van der Waals surface area contributed by atoms with E-state index < -0.39 is 17.3 Å². The molecule has 6 heteroatoms. The molecule has 1 aliphatic heterocycles. The molecule has 21 heavy (non-hydrogen) atoms. The Bertz CT molecular complexity index is 420. The van der Waals surface area contributed by atoms with E-state index in [1.807, 2.05) is 0 Å². The van der Waals surface area contributed by atoms with Crippen LogP contribution in [0.25, 0.3) is 0 Å². The van der Waals surface area contributed by atoms with Gasteiger partial charge in [-0.1, -0.05) is 27.7 Å². The van der Waals surface area contributed by atoms with E-state index in [0.29, 0.717) is 24.9 Å². The highest BCUT2D eigenvalue weighted by atomic mass is 16.4. The summed E-state index contributed by atoms with van der Waals surface area (Å²) in [5, 5.41) is 11.2. The van der Waals surface area contributed by atoms with E-state index in [1.54, 1.807) is 18.7 Å². The molecule has 0 aromatic carbocycles. The minimum absolute atomic E-state index is 0.0187. The molecule has 0 saturated carbocycles. The molecule has 2 N–H and O–H groups in total. The lowest BCUT2D eigenvalue weighted by Gasteiger charge is -2.35. The molecule has 0 aromatic heterocycles. The summed E-state index contributed by atoms with van der Waals surface area (Å²) in [6, 6.07) is -0.370. The highest BCUT2D eigenvalue weighted by Crippen LogP contribution is 2.25. The molecule has 1 saturated heterocycles. The molecular formula is C15H26N2O4. The van der Waals surface area contributed by atoms with Crippen molar-refractivity contribution in [3.05, 3.63) is 0 Å². The van der Waals surface area contributed by atoms with E-state index >= 15 is 0 Å². The van der Waals surface area contributed by atoms with Gasteiger partial charge in [-0.05, 0) is 23.7 Å². The van der Waals surface area contributed by atoms with Crippen molar-refractivity contribution < 1.29 is 19.5 Å². The number of hydrogen-bond acceptors (Lipinski definition) is 3. The van der Waals surface area contributed by atoms with Crippen LogP contribution in [0.5, 0.6) is 0 Å². The van der Waals surface area contributed by atoms with Gasteiger partial charge >= 0.3 is 12.0 Å². The fourth-order valence-corrected chi connectivity index (χ4v) is 2.60. The van der Waals surface area contributed by atoms with Gasteiger partial charge in [0.2, 0.25) is 5.91 Å². The Morgan fingerprint density at radius 1 is 1.19 bits per heavy atom. The van der Waals surface area contributed by atoms with Crippen LogP contribution in [0.4, 0.5) is 4.79 Å². The van der Waals surface area contributed by atoms with Gasteiger partial charge in [-0.2, -0.15) is 0 Å². The van der Waals surface area contributed by atoms with Gasteiger partial charge in [0.15, 0.2) is 0 Å². The van der Waals surface area contributed by atoms with E-state index in [4.69, 9.17) is 5.11 Å². The number of piperidine rings is 1. The normalized spacial score (nSPS) is 22.8. The number of carboxylic acids is 1. The number of carbonyl (C=O) groups is 3. The van der Waals surface area contributed by atoms with Crippen LogP contribution in [-0.2, 0) is 9.59 Å². The van der Waals surface area contributed by atoms with Crippen molar-refractivity contribution in [3.63, 3.8) is 0 Å². The Labute approximate surface area is 125 Å². The smallest absolute Gasteiger partial charge is 0.324 e. The number of amides is 3. The van der Waals surface area contributed by atoms with Crippen LogP contribution in [0.2, 0.25) is 0 Å². The first-order valence-corrected chi connectivity index (χ1v) is 7.41. The predicted molar refractivity (Wildman–Crippen MR) is 78.7 cm³/mol. The SMILES string of the molecule is CC1CCN(C(=O)NC(=O)CC(C)(C)CC(=O)O)CC1C. The molecule has 2 unspecified atom stereocenters. The first-order chi connectivity index (χ1) is 9.60. The molecule has 120 valence electrons. The Kier molecular flexibility index (Phi) is 5.75. The van der Waals surface area contributed by atoms with E-state index in [0.717, 1.165) is 6.42 Å². The number of hydrogen-bond donors (Lipinski definition) is 2. The number of likely N-dealkylation sites (tertiary alicyclic amines) is 1. The van der Waals surface area contributed by atoms with Crippen LogP contribution in [0.3, 0.4) is 0 Å². The van der Waals surface area contributed by atoms with Crippen molar-refractivity contribution in [2.45, 2.75) is 47.0 Å². The quantitative estimate of drug-likeness (QED) is 0.832. The largest absolute Gasteiger partial charge is 0.481 e. The van der Waals surface area contributed by atoms with Gasteiger partial charge in [0, 0.05) is 19.5 Å². The van der Waals surface area contributed by atoms with Crippen molar-refractivity contribution in [2.75, 3.05) is 13.1 Å². The summed E-state index contributed by atoms with van der Waals surface area (Å²) in [5.74, 6) is -0.363. The van der Waals surface area contributed by atoms with Crippen molar-refractivity contribution in [1.29, 1.82) is 0 Å². The molecule has 0 aliphatic carbocycles. The lowest BCUT2D eigenvalue weighted by Crippen LogP contribution is -2.49. The third-order valence-corrected chi connectivity index (χ3v) is 4.14. The molecule has 6 nitrogen and oxygen atoms in total. The first kappa shape index (κ1) is 17.5. The minimum atomic E-state index is -0.946. The van der Waals surface area contributed by atoms with Gasteiger partial charge in [-0.15, -0.1) is 0 Å². The maximum atomic E-state index is 12.0. The summed E-state index contributed by atoms with van der Waals surface area (Å²) < 4.78 is 0. The number of nitrogens with zero attached hydrogens (tertiary/aromatic N) is 1. The molecule has 2 atom stereocenters. The Morgan fingerprint density at radius 2 is 1.81 bits per heavy atom. The summed E-state index contributed by atoms with van der Waals surface area (Å²) in [7, 11) is 0. The average Bonchev–Trinajstić information content (AvgIpc) is 2.29. The summed E-state index contributed by atoms with van der Waals surface area (Å²) in [5.41, 5.74) is -0.667. The van der Waals surface area contributed by atoms with E-state index in [-0.39, 0.29) is 18.9 Å². The van der Waals surface area contributed by atoms with Crippen LogP contribution in [0.1, 0.15) is 47.0 Å². The standard InChI is InChI=1S/C15H26N2O4/c1-10-5-6-17(9-11(10)2)14(21)16-12(18)7-15(3,4)8-13(19)20/h10-11H,5-9H2,1-4H3,(H,19,20)(H,16,18,21). The van der Waals surface area contributed by atoms with Gasteiger partial charge in [-0.25, -0.2) is 4.79 Å².